The largest absolute Gasteiger partial charge is 0.505 e. The van der Waals surface area contributed by atoms with Gasteiger partial charge in [-0.3, -0.25) is 0 Å². The van der Waals surface area contributed by atoms with Gasteiger partial charge in [0.1, 0.15) is 0 Å². The molecule has 4 nitrogen and oxygen atoms in total. The van der Waals surface area contributed by atoms with Gasteiger partial charge in [0, 0.05) is 0 Å². The predicted molar refractivity (Wildman–Crippen MR) is 23.2 cm³/mol. The summed E-state index contributed by atoms with van der Waals surface area (Å²) in [5.41, 5.74) is 0. The third-order valence-electron chi connectivity index (χ3n) is 0.807. The summed E-state index contributed by atoms with van der Waals surface area (Å²) in [6.07, 6.45) is 0. The Labute approximate surface area is 45.0 Å². The van der Waals surface area contributed by atoms with E-state index in [-0.39, 0.29) is 6.61 Å². The molecule has 44 valence electrons. The molecule has 0 radical (unpaired) electrons. The highest BCUT2D eigenvalue weighted by Crippen LogP contribution is 2.08. The molecule has 0 bridgehead atoms. The minimum absolute atomic E-state index is 0.204. The van der Waals surface area contributed by atoms with Gasteiger partial charge in [0.05, 0.1) is 0 Å². The van der Waals surface area contributed by atoms with Crippen LogP contribution in [-0.2, 0) is 9.53 Å². The van der Waals surface area contributed by atoms with Gasteiger partial charge in [-0.05, 0) is 0 Å². The number of esters is 1. The summed E-state index contributed by atoms with van der Waals surface area (Å²) in [6, 6.07) is 0. The van der Waals surface area contributed by atoms with Gasteiger partial charge < -0.3 is 14.9 Å². The SMILES string of the molecule is O=C1OCC(O)=C1O. The zero-order valence-corrected chi connectivity index (χ0v) is 3.92. The Balaban J connectivity index is 2.86. The molecule has 2 N–H and O–H groups in total. The lowest BCUT2D eigenvalue weighted by Crippen LogP contribution is -1.96. The van der Waals surface area contributed by atoms with E-state index in [1.807, 2.05) is 0 Å². The second-order valence-electron chi connectivity index (χ2n) is 1.37. The van der Waals surface area contributed by atoms with Crippen molar-refractivity contribution in [2.75, 3.05) is 6.61 Å². The van der Waals surface area contributed by atoms with Crippen LogP contribution in [0, 0.1) is 0 Å². The smallest absolute Gasteiger partial charge is 0.377 e. The molecule has 1 rings (SSSR count). The normalized spacial score (nSPS) is 19.2. The second kappa shape index (κ2) is 1.40. The molecule has 0 saturated heterocycles. The molecule has 0 saturated carbocycles. The van der Waals surface area contributed by atoms with Crippen molar-refractivity contribution in [1.82, 2.24) is 0 Å². The maximum absolute atomic E-state index is 10.1. The second-order valence-corrected chi connectivity index (χ2v) is 1.37. The van der Waals surface area contributed by atoms with Gasteiger partial charge in [-0.25, -0.2) is 4.79 Å². The molecule has 0 fully saturated rings. The highest BCUT2D eigenvalue weighted by molar-refractivity contribution is 5.88. The number of hydrogen-bond donors (Lipinski definition) is 2. The Hall–Kier alpha value is -1.19. The van der Waals surface area contributed by atoms with E-state index < -0.39 is 17.5 Å². The molecule has 0 amide bonds. The lowest BCUT2D eigenvalue weighted by atomic mass is 10.5. The number of carbonyl (C=O) groups is 1. The zero-order chi connectivity index (χ0) is 6.15. The summed E-state index contributed by atoms with van der Waals surface area (Å²) in [5, 5.41) is 16.9. The van der Waals surface area contributed by atoms with E-state index in [1.165, 1.54) is 0 Å². The predicted octanol–water partition coefficient (Wildman–Crippen LogP) is -0.129. The van der Waals surface area contributed by atoms with Gasteiger partial charge in [0.25, 0.3) is 0 Å². The minimum atomic E-state index is -0.859. The summed E-state index contributed by atoms with van der Waals surface area (Å²) in [5.74, 6) is -1.93. The Kier molecular flexibility index (Phi) is 0.865. The number of aliphatic hydroxyl groups is 2. The first-order valence-electron chi connectivity index (χ1n) is 2.00. The van der Waals surface area contributed by atoms with Crippen LogP contribution in [0.4, 0.5) is 0 Å². The fourth-order valence-corrected chi connectivity index (χ4v) is 0.388. The Morgan fingerprint density at radius 1 is 1.50 bits per heavy atom. The maximum Gasteiger partial charge on any atom is 0.377 e. The molecule has 0 aromatic heterocycles. The van der Waals surface area contributed by atoms with E-state index in [0.717, 1.165) is 0 Å². The molecule has 8 heavy (non-hydrogen) atoms. The minimum Gasteiger partial charge on any atom is -0.505 e. The molecular formula is C4H4O4. The average Bonchev–Trinajstić information content (AvgIpc) is 1.98. The van der Waals surface area contributed by atoms with Crippen molar-refractivity contribution in [2.45, 2.75) is 0 Å². The van der Waals surface area contributed by atoms with Gasteiger partial charge in [-0.2, -0.15) is 0 Å². The Bertz CT molecular complexity index is 157. The number of hydrogen-bond acceptors (Lipinski definition) is 4. The lowest BCUT2D eigenvalue weighted by Gasteiger charge is -1.84. The van der Waals surface area contributed by atoms with E-state index in [9.17, 15) is 4.79 Å². The maximum atomic E-state index is 10.1. The fraction of sp³-hybridized carbons (Fsp3) is 0.250. The molecule has 1 heterocycles. The van der Waals surface area contributed by atoms with Crippen LogP contribution in [0.25, 0.3) is 0 Å². The Morgan fingerprint density at radius 3 is 2.25 bits per heavy atom. The van der Waals surface area contributed by atoms with E-state index in [4.69, 9.17) is 10.2 Å². The van der Waals surface area contributed by atoms with E-state index in [0.29, 0.717) is 0 Å². The molecular weight excluding hydrogens is 112 g/mol. The van der Waals surface area contributed by atoms with Crippen LogP contribution in [0.5, 0.6) is 0 Å². The number of rotatable bonds is 0. The van der Waals surface area contributed by atoms with Crippen LogP contribution < -0.4 is 0 Å². The molecule has 0 aliphatic carbocycles. The topological polar surface area (TPSA) is 66.8 Å². The molecule has 0 aromatic carbocycles. The van der Waals surface area contributed by atoms with Crippen LogP contribution in [0.15, 0.2) is 11.5 Å². The standard InChI is InChI=1S/C4H4O4/c5-2-1-8-4(7)3(2)6/h5-6H,1H2. The van der Waals surface area contributed by atoms with Crippen molar-refractivity contribution in [3.63, 3.8) is 0 Å². The van der Waals surface area contributed by atoms with Crippen molar-refractivity contribution in [1.29, 1.82) is 0 Å². The lowest BCUT2D eigenvalue weighted by molar-refractivity contribution is -0.138. The monoisotopic (exact) mass is 116 g/mol. The molecule has 0 aromatic rings. The van der Waals surface area contributed by atoms with Crippen molar-refractivity contribution in [3.05, 3.63) is 11.5 Å². The first kappa shape index (κ1) is 4.96. The van der Waals surface area contributed by atoms with Crippen LogP contribution in [0.3, 0.4) is 0 Å². The fourth-order valence-electron chi connectivity index (χ4n) is 0.388. The number of cyclic esters (lactones) is 1. The molecule has 0 spiro atoms. The molecule has 1 aliphatic rings. The summed E-state index contributed by atoms with van der Waals surface area (Å²) in [7, 11) is 0. The van der Waals surface area contributed by atoms with Crippen LogP contribution in [0.1, 0.15) is 0 Å². The van der Waals surface area contributed by atoms with Crippen molar-refractivity contribution in [2.24, 2.45) is 0 Å². The Morgan fingerprint density at radius 2 is 2.12 bits per heavy atom. The highest BCUT2D eigenvalue weighted by atomic mass is 16.6. The number of aliphatic hydroxyl groups excluding tert-OH is 2. The van der Waals surface area contributed by atoms with Gasteiger partial charge in [0.15, 0.2) is 12.4 Å². The summed E-state index contributed by atoms with van der Waals surface area (Å²) in [4.78, 5) is 10.1. The van der Waals surface area contributed by atoms with Crippen LogP contribution in [-0.4, -0.2) is 22.8 Å². The molecule has 0 unspecified atom stereocenters. The van der Waals surface area contributed by atoms with Crippen molar-refractivity contribution in [3.8, 4) is 0 Å². The first-order chi connectivity index (χ1) is 3.72. The zero-order valence-electron chi connectivity index (χ0n) is 3.92. The summed E-state index contributed by atoms with van der Waals surface area (Å²) < 4.78 is 4.16. The summed E-state index contributed by atoms with van der Waals surface area (Å²) in [6.45, 7) is -0.204. The van der Waals surface area contributed by atoms with Gasteiger partial charge in [-0.15, -0.1) is 0 Å². The van der Waals surface area contributed by atoms with Crippen LogP contribution >= 0.6 is 0 Å². The highest BCUT2D eigenvalue weighted by Gasteiger charge is 2.22. The van der Waals surface area contributed by atoms with E-state index in [2.05, 4.69) is 4.74 Å². The van der Waals surface area contributed by atoms with Crippen molar-refractivity contribution < 1.29 is 19.7 Å². The van der Waals surface area contributed by atoms with Crippen LogP contribution in [0.2, 0.25) is 0 Å². The van der Waals surface area contributed by atoms with Gasteiger partial charge in [-0.1, -0.05) is 0 Å². The summed E-state index contributed by atoms with van der Waals surface area (Å²) >= 11 is 0. The molecule has 4 heteroatoms. The molecule has 1 aliphatic heterocycles. The quantitative estimate of drug-likeness (QED) is 0.432. The van der Waals surface area contributed by atoms with Crippen molar-refractivity contribution >= 4 is 5.97 Å². The average molecular weight is 116 g/mol. The first-order valence-corrected chi connectivity index (χ1v) is 2.00. The van der Waals surface area contributed by atoms with E-state index >= 15 is 0 Å². The number of ether oxygens (including phenoxy) is 1. The van der Waals surface area contributed by atoms with Gasteiger partial charge in [0.2, 0.25) is 5.76 Å². The molecule has 0 atom stereocenters. The third kappa shape index (κ3) is 0.501. The van der Waals surface area contributed by atoms with E-state index in [1.54, 1.807) is 0 Å². The number of carbonyl (C=O) groups excluding carboxylic acids is 1. The third-order valence-corrected chi connectivity index (χ3v) is 0.807. The van der Waals surface area contributed by atoms with Gasteiger partial charge >= 0.3 is 5.97 Å².